The third kappa shape index (κ3) is 3.13. The van der Waals surface area contributed by atoms with Gasteiger partial charge >= 0.3 is 0 Å². The van der Waals surface area contributed by atoms with Crippen LogP contribution in [0.15, 0.2) is 42.5 Å². The smallest absolute Gasteiger partial charge is 0.143 e. The number of hydrogen-bond donors (Lipinski definition) is 1. The Morgan fingerprint density at radius 1 is 1.14 bits per heavy atom. The molecule has 0 aliphatic carbocycles. The van der Waals surface area contributed by atoms with Gasteiger partial charge in [-0.15, -0.1) is 0 Å². The van der Waals surface area contributed by atoms with Crippen molar-refractivity contribution in [1.29, 1.82) is 0 Å². The van der Waals surface area contributed by atoms with Gasteiger partial charge in [-0.1, -0.05) is 18.2 Å². The van der Waals surface area contributed by atoms with Gasteiger partial charge in [0.2, 0.25) is 0 Å². The summed E-state index contributed by atoms with van der Waals surface area (Å²) < 4.78 is 6.08. The van der Waals surface area contributed by atoms with E-state index < -0.39 is 0 Å². The number of para-hydroxylation sites is 2. The Balaban J connectivity index is 1.70. The summed E-state index contributed by atoms with van der Waals surface area (Å²) in [6.45, 7) is 5.98. The van der Waals surface area contributed by atoms with Crippen molar-refractivity contribution >= 4 is 11.4 Å². The van der Waals surface area contributed by atoms with Crippen LogP contribution < -0.4 is 15.0 Å². The van der Waals surface area contributed by atoms with E-state index in [1.165, 1.54) is 16.8 Å². The summed E-state index contributed by atoms with van der Waals surface area (Å²) in [4.78, 5) is 2.26. The fourth-order valence-electron chi connectivity index (χ4n) is 2.84. The predicted molar refractivity (Wildman–Crippen MR) is 88.5 cm³/mol. The molecular weight excluding hydrogens is 260 g/mol. The average Bonchev–Trinajstić information content (AvgIpc) is 2.46. The van der Waals surface area contributed by atoms with E-state index in [1.54, 1.807) is 0 Å². The predicted octanol–water partition coefficient (Wildman–Crippen LogP) is 3.61. The van der Waals surface area contributed by atoms with Gasteiger partial charge in [-0.2, -0.15) is 0 Å². The van der Waals surface area contributed by atoms with Gasteiger partial charge in [0.1, 0.15) is 11.9 Å². The molecule has 0 saturated carbocycles. The number of hydrogen-bond acceptors (Lipinski definition) is 3. The van der Waals surface area contributed by atoms with Crippen molar-refractivity contribution in [3.8, 4) is 5.75 Å². The standard InChI is InChI=1S/C18H22N2O/c1-13-8-14(2)10-15(9-13)20(3)12-16-11-19-17-6-4-5-7-18(17)21-16/h4-10,16,19H,11-12H2,1-3H3. The van der Waals surface area contributed by atoms with E-state index in [0.717, 1.165) is 24.5 Å². The van der Waals surface area contributed by atoms with Gasteiger partial charge < -0.3 is 15.0 Å². The molecule has 0 spiro atoms. The van der Waals surface area contributed by atoms with Gasteiger partial charge in [0, 0.05) is 12.7 Å². The van der Waals surface area contributed by atoms with Crippen molar-refractivity contribution in [3.63, 3.8) is 0 Å². The van der Waals surface area contributed by atoms with Crippen LogP contribution >= 0.6 is 0 Å². The number of ether oxygens (including phenoxy) is 1. The molecule has 1 unspecified atom stereocenters. The summed E-state index contributed by atoms with van der Waals surface area (Å²) in [5.41, 5.74) is 4.92. The average molecular weight is 282 g/mol. The molecule has 3 rings (SSSR count). The molecule has 0 bridgehead atoms. The molecule has 21 heavy (non-hydrogen) atoms. The highest BCUT2D eigenvalue weighted by Gasteiger charge is 2.20. The molecule has 1 aliphatic rings. The van der Waals surface area contributed by atoms with Crippen LogP contribution in [-0.2, 0) is 0 Å². The lowest BCUT2D eigenvalue weighted by Gasteiger charge is -2.31. The third-order valence-corrected chi connectivity index (χ3v) is 3.83. The first-order valence-electron chi connectivity index (χ1n) is 7.41. The van der Waals surface area contributed by atoms with Gasteiger partial charge in [0.25, 0.3) is 0 Å². The van der Waals surface area contributed by atoms with Crippen molar-refractivity contribution in [2.24, 2.45) is 0 Å². The highest BCUT2D eigenvalue weighted by Crippen LogP contribution is 2.28. The molecule has 2 aromatic carbocycles. The highest BCUT2D eigenvalue weighted by atomic mass is 16.5. The van der Waals surface area contributed by atoms with Crippen molar-refractivity contribution in [3.05, 3.63) is 53.6 Å². The number of nitrogens with zero attached hydrogens (tertiary/aromatic N) is 1. The maximum atomic E-state index is 6.08. The quantitative estimate of drug-likeness (QED) is 0.930. The van der Waals surface area contributed by atoms with Gasteiger partial charge in [-0.25, -0.2) is 0 Å². The van der Waals surface area contributed by atoms with Crippen LogP contribution in [0.3, 0.4) is 0 Å². The largest absolute Gasteiger partial charge is 0.485 e. The Morgan fingerprint density at radius 3 is 2.62 bits per heavy atom. The summed E-state index contributed by atoms with van der Waals surface area (Å²) in [6, 6.07) is 14.7. The first-order valence-corrected chi connectivity index (χ1v) is 7.41. The van der Waals surface area contributed by atoms with E-state index in [4.69, 9.17) is 4.74 Å². The molecule has 1 heterocycles. The van der Waals surface area contributed by atoms with Crippen LogP contribution in [0.5, 0.6) is 5.75 Å². The second kappa shape index (κ2) is 5.68. The number of rotatable bonds is 3. The normalized spacial score (nSPS) is 16.6. The SMILES string of the molecule is Cc1cc(C)cc(N(C)CC2CNc3ccccc3O2)c1. The Hall–Kier alpha value is -2.16. The van der Waals surface area contributed by atoms with Crippen LogP contribution in [0.2, 0.25) is 0 Å². The van der Waals surface area contributed by atoms with Crippen molar-refractivity contribution < 1.29 is 4.74 Å². The molecule has 3 heteroatoms. The maximum Gasteiger partial charge on any atom is 0.143 e. The molecular formula is C18H22N2O. The van der Waals surface area contributed by atoms with Crippen LogP contribution in [0.4, 0.5) is 11.4 Å². The summed E-state index contributed by atoms with van der Waals surface area (Å²) in [5.74, 6) is 0.947. The van der Waals surface area contributed by atoms with E-state index >= 15 is 0 Å². The van der Waals surface area contributed by atoms with Gasteiger partial charge in [0.05, 0.1) is 18.8 Å². The van der Waals surface area contributed by atoms with Gasteiger partial charge in [-0.3, -0.25) is 0 Å². The molecule has 1 atom stereocenters. The minimum atomic E-state index is 0.158. The number of aryl methyl sites for hydroxylation is 2. The fraction of sp³-hybridized carbons (Fsp3) is 0.333. The minimum Gasteiger partial charge on any atom is -0.485 e. The molecule has 110 valence electrons. The molecule has 3 nitrogen and oxygen atoms in total. The monoisotopic (exact) mass is 282 g/mol. The van der Waals surface area contributed by atoms with Crippen LogP contribution in [0.25, 0.3) is 0 Å². The Kier molecular flexibility index (Phi) is 3.74. The lowest BCUT2D eigenvalue weighted by atomic mass is 10.1. The summed E-state index contributed by atoms with van der Waals surface area (Å²) in [7, 11) is 2.12. The zero-order valence-corrected chi connectivity index (χ0v) is 12.9. The summed E-state index contributed by atoms with van der Waals surface area (Å²) >= 11 is 0. The second-order valence-electron chi connectivity index (χ2n) is 5.84. The number of anilines is 2. The topological polar surface area (TPSA) is 24.5 Å². The lowest BCUT2D eigenvalue weighted by molar-refractivity contribution is 0.212. The molecule has 0 fully saturated rings. The molecule has 0 amide bonds. The second-order valence-corrected chi connectivity index (χ2v) is 5.84. The zero-order valence-electron chi connectivity index (χ0n) is 12.9. The third-order valence-electron chi connectivity index (χ3n) is 3.83. The minimum absolute atomic E-state index is 0.158. The molecule has 0 radical (unpaired) electrons. The van der Waals surface area contributed by atoms with Crippen LogP contribution in [0, 0.1) is 13.8 Å². The van der Waals surface area contributed by atoms with E-state index in [1.807, 2.05) is 18.2 Å². The number of likely N-dealkylation sites (N-methyl/N-ethyl adjacent to an activating group) is 1. The molecule has 2 aromatic rings. The first kappa shape index (κ1) is 13.8. The highest BCUT2D eigenvalue weighted by molar-refractivity contribution is 5.58. The van der Waals surface area contributed by atoms with Crippen molar-refractivity contribution in [2.75, 3.05) is 30.4 Å². The van der Waals surface area contributed by atoms with Crippen molar-refractivity contribution in [2.45, 2.75) is 20.0 Å². The number of benzene rings is 2. The van der Waals surface area contributed by atoms with Gasteiger partial charge in [0.15, 0.2) is 0 Å². The lowest BCUT2D eigenvalue weighted by Crippen LogP contribution is -2.40. The summed E-state index contributed by atoms with van der Waals surface area (Å²) in [5, 5.41) is 3.44. The number of nitrogens with one attached hydrogen (secondary N) is 1. The molecule has 0 saturated heterocycles. The number of fused-ring (bicyclic) bond motifs is 1. The Morgan fingerprint density at radius 2 is 1.86 bits per heavy atom. The van der Waals surface area contributed by atoms with Crippen LogP contribution in [0.1, 0.15) is 11.1 Å². The van der Waals surface area contributed by atoms with E-state index in [9.17, 15) is 0 Å². The molecule has 1 N–H and O–H groups in total. The summed E-state index contributed by atoms with van der Waals surface area (Å²) in [6.07, 6.45) is 0.158. The molecule has 1 aliphatic heterocycles. The molecule has 0 aromatic heterocycles. The first-order chi connectivity index (χ1) is 10.1. The maximum absolute atomic E-state index is 6.08. The Bertz CT molecular complexity index is 619. The van der Waals surface area contributed by atoms with Crippen LogP contribution in [-0.4, -0.2) is 26.2 Å². The fourth-order valence-corrected chi connectivity index (χ4v) is 2.84. The zero-order chi connectivity index (χ0) is 14.8. The van der Waals surface area contributed by atoms with E-state index in [2.05, 4.69) is 55.4 Å². The van der Waals surface area contributed by atoms with Crippen molar-refractivity contribution in [1.82, 2.24) is 0 Å². The van der Waals surface area contributed by atoms with Gasteiger partial charge in [-0.05, 0) is 49.2 Å². The van der Waals surface area contributed by atoms with E-state index in [0.29, 0.717) is 0 Å². The van der Waals surface area contributed by atoms with E-state index in [-0.39, 0.29) is 6.10 Å². The Labute approximate surface area is 126 Å².